The van der Waals surface area contributed by atoms with E-state index in [1.807, 2.05) is 62.8 Å². The maximum Gasteiger partial charge on any atom is 0.407 e. The van der Waals surface area contributed by atoms with E-state index in [0.29, 0.717) is 37.6 Å². The number of nitrogens with one attached hydrogen (secondary N) is 4. The summed E-state index contributed by atoms with van der Waals surface area (Å²) in [5.74, 6) is 0.438. The first kappa shape index (κ1) is 47.3. The highest BCUT2D eigenvalue weighted by Crippen LogP contribution is 2.40. The fourth-order valence-electron chi connectivity index (χ4n) is 8.97. The molecule has 6 aromatic rings. The highest BCUT2D eigenvalue weighted by molar-refractivity contribution is 6.88. The maximum atomic E-state index is 14.3. The fraction of sp³-hybridized carbons (Fsp3) is 0.447. The fourth-order valence-corrected chi connectivity index (χ4v) is 9.84. The number of carbonyl (C=O) groups is 4. The van der Waals surface area contributed by atoms with E-state index in [1.165, 1.54) is 14.2 Å². The van der Waals surface area contributed by atoms with Crippen LogP contribution in [0.2, 0.25) is 19.6 Å². The first-order valence-corrected chi connectivity index (χ1v) is 26.4. The number of methoxy groups -OCH3 is 2. The lowest BCUT2D eigenvalue weighted by Gasteiger charge is -2.29. The van der Waals surface area contributed by atoms with Gasteiger partial charge in [0.25, 0.3) is 0 Å². The number of imidazole rings is 2. The smallest absolute Gasteiger partial charge is 0.407 e. The molecule has 0 radical (unpaired) electrons. The van der Waals surface area contributed by atoms with Crippen LogP contribution in [0.3, 0.4) is 0 Å². The lowest BCUT2D eigenvalue weighted by Crippen LogP contribution is -2.51. The minimum atomic E-state index is -1.73. The van der Waals surface area contributed by atoms with Crippen LogP contribution in [-0.2, 0) is 19.1 Å². The molecule has 0 saturated carbocycles. The minimum Gasteiger partial charge on any atom is -0.453 e. The Morgan fingerprint density at radius 1 is 0.662 bits per heavy atom. The zero-order valence-electron chi connectivity index (χ0n) is 39.9. The molecule has 0 spiro atoms. The molecule has 68 heavy (non-hydrogen) atoms. The van der Waals surface area contributed by atoms with E-state index in [4.69, 9.17) is 19.4 Å². The van der Waals surface area contributed by atoms with Crippen LogP contribution < -0.4 is 16.0 Å². The van der Waals surface area contributed by atoms with Crippen molar-refractivity contribution in [3.05, 3.63) is 91.2 Å². The van der Waals surface area contributed by atoms with Crippen molar-refractivity contribution >= 4 is 37.4 Å². The molecule has 8 rings (SSSR count). The molecular weight excluding hydrogens is 885 g/mol. The highest BCUT2D eigenvalue weighted by atomic mass is 28.3. The van der Waals surface area contributed by atoms with Gasteiger partial charge in [-0.05, 0) is 46.9 Å². The Morgan fingerprint density at radius 3 is 1.49 bits per heavy atom. The molecule has 2 aliphatic heterocycles. The highest BCUT2D eigenvalue weighted by Gasteiger charge is 2.44. The molecule has 4 amide bonds. The predicted molar refractivity (Wildman–Crippen MR) is 255 cm³/mol. The Kier molecular flexibility index (Phi) is 13.6. The van der Waals surface area contributed by atoms with Crippen LogP contribution in [-0.4, -0.2) is 131 Å². The summed E-state index contributed by atoms with van der Waals surface area (Å²) in [5, 5.41) is 23.6. The third kappa shape index (κ3) is 9.92. The summed E-state index contributed by atoms with van der Waals surface area (Å²) in [6.07, 6.45) is 8.75. The summed E-state index contributed by atoms with van der Waals surface area (Å²) in [6.45, 7) is 14.9. The summed E-state index contributed by atoms with van der Waals surface area (Å²) in [4.78, 5) is 73.0. The van der Waals surface area contributed by atoms with Gasteiger partial charge in [0.05, 0.1) is 73.7 Å². The molecule has 4 aromatic heterocycles. The van der Waals surface area contributed by atoms with Crippen LogP contribution in [0.25, 0.3) is 33.6 Å². The first-order valence-electron chi connectivity index (χ1n) is 22.9. The Balaban J connectivity index is 0.982. The average Bonchev–Trinajstić information content (AvgIpc) is 4.18. The molecule has 0 unspecified atom stereocenters. The van der Waals surface area contributed by atoms with Crippen LogP contribution in [0.15, 0.2) is 79.5 Å². The Bertz CT molecular complexity index is 2710. The molecular formula is C47H60N14O6Si. The van der Waals surface area contributed by atoms with Crippen molar-refractivity contribution in [3.63, 3.8) is 0 Å². The molecule has 6 heterocycles. The van der Waals surface area contributed by atoms with Crippen LogP contribution in [0, 0.1) is 11.8 Å². The summed E-state index contributed by atoms with van der Waals surface area (Å²) in [5.41, 5.74) is 5.49. The summed E-state index contributed by atoms with van der Waals surface area (Å²) in [7, 11) is 0.832. The normalized spacial score (nSPS) is 19.3. The second kappa shape index (κ2) is 19.6. The van der Waals surface area contributed by atoms with E-state index in [-0.39, 0.29) is 35.7 Å². The molecule has 21 heteroatoms. The Labute approximate surface area is 395 Å². The first-order chi connectivity index (χ1) is 32.5. The number of alkyl carbamates (subject to hydrolysis) is 2. The third-order valence-corrected chi connectivity index (χ3v) is 14.7. The van der Waals surface area contributed by atoms with Gasteiger partial charge >= 0.3 is 12.2 Å². The molecule has 358 valence electrons. The van der Waals surface area contributed by atoms with Gasteiger partial charge in [0.15, 0.2) is 0 Å². The van der Waals surface area contributed by atoms with Crippen LogP contribution in [0.1, 0.15) is 76.4 Å². The van der Waals surface area contributed by atoms with Crippen molar-refractivity contribution in [2.45, 2.75) is 96.4 Å². The number of rotatable bonds is 14. The molecule has 2 saturated heterocycles. The number of aromatic amines is 2. The van der Waals surface area contributed by atoms with Gasteiger partial charge in [0.2, 0.25) is 11.8 Å². The largest absolute Gasteiger partial charge is 0.453 e. The summed E-state index contributed by atoms with van der Waals surface area (Å²) < 4.78 is 13.3. The van der Waals surface area contributed by atoms with Crippen molar-refractivity contribution in [1.29, 1.82) is 0 Å². The van der Waals surface area contributed by atoms with Gasteiger partial charge in [-0.3, -0.25) is 9.59 Å². The number of ether oxygens (including phenoxy) is 2. The van der Waals surface area contributed by atoms with Crippen molar-refractivity contribution in [2.75, 3.05) is 27.3 Å². The van der Waals surface area contributed by atoms with Crippen LogP contribution >= 0.6 is 0 Å². The molecule has 2 aromatic carbocycles. The minimum absolute atomic E-state index is 0.136. The topological polar surface area (TPSA) is 236 Å². The summed E-state index contributed by atoms with van der Waals surface area (Å²) in [6, 6.07) is 13.7. The Hall–Kier alpha value is -7.16. The van der Waals surface area contributed by atoms with Crippen molar-refractivity contribution in [3.8, 4) is 33.6 Å². The molecule has 0 bridgehead atoms. The number of likely N-dealkylation sites (tertiary alicyclic amines) is 2. The number of hydrogen-bond donors (Lipinski definition) is 4. The molecule has 20 nitrogen and oxygen atoms in total. The Morgan fingerprint density at radius 2 is 1.10 bits per heavy atom. The van der Waals surface area contributed by atoms with Crippen LogP contribution in [0.4, 0.5) is 9.59 Å². The second-order valence-electron chi connectivity index (χ2n) is 19.2. The van der Waals surface area contributed by atoms with Crippen LogP contribution in [0.5, 0.6) is 0 Å². The number of H-pyrrole nitrogens is 2. The van der Waals surface area contributed by atoms with Gasteiger partial charge in [-0.2, -0.15) is 0 Å². The zero-order chi connectivity index (χ0) is 48.4. The quantitative estimate of drug-likeness (QED) is 0.0970. The van der Waals surface area contributed by atoms with Crippen molar-refractivity contribution in [2.24, 2.45) is 11.8 Å². The average molecular weight is 945 g/mol. The summed E-state index contributed by atoms with van der Waals surface area (Å²) >= 11 is 0. The molecule has 0 aliphatic carbocycles. The molecule has 2 fully saturated rings. The van der Waals surface area contributed by atoms with Crippen molar-refractivity contribution < 1.29 is 28.7 Å². The maximum absolute atomic E-state index is 14.3. The monoisotopic (exact) mass is 944 g/mol. The van der Waals surface area contributed by atoms with E-state index in [2.05, 4.69) is 85.1 Å². The van der Waals surface area contributed by atoms with E-state index >= 15 is 0 Å². The number of amides is 4. The predicted octanol–water partition coefficient (Wildman–Crippen LogP) is 5.65. The lowest BCUT2D eigenvalue weighted by atomic mass is 10.0. The van der Waals surface area contributed by atoms with E-state index in [9.17, 15) is 19.2 Å². The second-order valence-corrected chi connectivity index (χ2v) is 24.3. The number of benzene rings is 2. The van der Waals surface area contributed by atoms with Gasteiger partial charge in [-0.25, -0.2) is 28.9 Å². The standard InChI is InChI=1S/C47H60N14O6Si/c1-27(2)40(53-46(64)66-5)44(62)58-24-33(60-19-18-50-56-60)20-37(58)42-48-22-35(51-42)31-14-10-29(11-15-31)30-12-16-32(17-13-30)36-23-49-43(52-36)38-21-34(61-26-39(55-57-61)68(7,8)9)25-59(38)45(63)41(28(3)4)54-47(65)67-6/h10-19,22-23,26-28,33-34,37-38,40-41H,20-21,24-25H2,1-9H3,(H,48,51)(H,49,52)(H,53,64)(H,54,65)/t33-,34-,37+,38+,40+,41+/m1/s1. The molecule has 4 N–H and O–H groups in total. The number of nitrogens with zero attached hydrogens (tertiary/aromatic N) is 10. The third-order valence-electron chi connectivity index (χ3n) is 12.9. The van der Waals surface area contributed by atoms with Gasteiger partial charge < -0.3 is 39.9 Å². The van der Waals surface area contributed by atoms with E-state index in [1.54, 1.807) is 39.3 Å². The van der Waals surface area contributed by atoms with Gasteiger partial charge in [0, 0.05) is 25.5 Å². The van der Waals surface area contributed by atoms with Gasteiger partial charge in [-0.15, -0.1) is 10.2 Å². The van der Waals surface area contributed by atoms with Gasteiger partial charge in [-0.1, -0.05) is 106 Å². The SMILES string of the molecule is COC(=O)N[C@H](C(=O)N1C[C@H](n2ccnn2)C[C@H]1c1ncc(-c2ccc(-c3ccc(-c4cnc([C@@H]5C[C@@H](n6cc([Si](C)(C)C)nn6)CN5C(=O)[C@@H](NC(=O)OC)C(C)C)[nH]4)cc3)cc2)[nH]1)C(C)C. The molecule has 6 atom stereocenters. The number of carbonyl (C=O) groups excluding carboxylic acids is 4. The number of aromatic nitrogens is 10. The van der Waals surface area contributed by atoms with E-state index < -0.39 is 44.4 Å². The lowest BCUT2D eigenvalue weighted by molar-refractivity contribution is -0.136. The van der Waals surface area contributed by atoms with E-state index in [0.717, 1.165) is 39.0 Å². The van der Waals surface area contributed by atoms with Crippen molar-refractivity contribution in [1.82, 2.24) is 70.4 Å². The zero-order valence-corrected chi connectivity index (χ0v) is 40.9. The number of hydrogen-bond acceptors (Lipinski definition) is 12. The van der Waals surface area contributed by atoms with Gasteiger partial charge in [0.1, 0.15) is 31.8 Å². The molecule has 2 aliphatic rings.